The van der Waals surface area contributed by atoms with Crippen LogP contribution >= 0.6 is 0 Å². The summed E-state index contributed by atoms with van der Waals surface area (Å²) in [6, 6.07) is 11.9. The van der Waals surface area contributed by atoms with Gasteiger partial charge in [0, 0.05) is 26.0 Å². The van der Waals surface area contributed by atoms with Crippen molar-refractivity contribution in [1.29, 1.82) is 0 Å². The van der Waals surface area contributed by atoms with Crippen LogP contribution in [0.1, 0.15) is 16.1 Å². The van der Waals surface area contributed by atoms with Gasteiger partial charge in [-0.05, 0) is 18.1 Å². The molecule has 6 heteroatoms. The van der Waals surface area contributed by atoms with E-state index in [0.717, 1.165) is 13.0 Å². The highest BCUT2D eigenvalue weighted by Gasteiger charge is 2.10. The molecule has 2 aromatic heterocycles. The Labute approximate surface area is 128 Å². The Hall–Kier alpha value is -2.89. The molecule has 0 radical (unpaired) electrons. The van der Waals surface area contributed by atoms with Crippen molar-refractivity contribution in [2.24, 2.45) is 7.05 Å². The maximum Gasteiger partial charge on any atom is 0.274 e. The van der Waals surface area contributed by atoms with Gasteiger partial charge in [0.15, 0.2) is 0 Å². The van der Waals surface area contributed by atoms with Crippen molar-refractivity contribution in [2.45, 2.75) is 13.0 Å². The molecule has 1 N–H and O–H groups in total. The van der Waals surface area contributed by atoms with Gasteiger partial charge in [-0.25, -0.2) is 0 Å². The van der Waals surface area contributed by atoms with Gasteiger partial charge in [0.2, 0.25) is 0 Å². The fourth-order valence-electron chi connectivity index (χ4n) is 2.23. The second kappa shape index (κ2) is 6.26. The van der Waals surface area contributed by atoms with Gasteiger partial charge in [0.1, 0.15) is 5.69 Å². The lowest BCUT2D eigenvalue weighted by Crippen LogP contribution is -2.15. The number of aromatic nitrogens is 4. The molecule has 0 aliphatic rings. The first-order valence-electron chi connectivity index (χ1n) is 7.08. The van der Waals surface area contributed by atoms with Crippen molar-refractivity contribution in [1.82, 2.24) is 19.6 Å². The lowest BCUT2D eigenvalue weighted by molar-refractivity contribution is 0.101. The minimum Gasteiger partial charge on any atom is -0.318 e. The van der Waals surface area contributed by atoms with Gasteiger partial charge in [-0.2, -0.15) is 10.2 Å². The molecule has 112 valence electrons. The molecular formula is C16H17N5O. The average molecular weight is 295 g/mol. The van der Waals surface area contributed by atoms with Crippen LogP contribution in [-0.2, 0) is 20.0 Å². The second-order valence-electron chi connectivity index (χ2n) is 5.02. The molecule has 1 amide bonds. The first-order chi connectivity index (χ1) is 10.7. The Morgan fingerprint density at radius 2 is 2.00 bits per heavy atom. The summed E-state index contributed by atoms with van der Waals surface area (Å²) in [4.78, 5) is 12.1. The van der Waals surface area contributed by atoms with Crippen LogP contribution in [0.25, 0.3) is 0 Å². The van der Waals surface area contributed by atoms with E-state index < -0.39 is 0 Å². The number of hydrogen-bond acceptors (Lipinski definition) is 3. The number of rotatable bonds is 5. The van der Waals surface area contributed by atoms with E-state index in [1.54, 1.807) is 25.5 Å². The Morgan fingerprint density at radius 1 is 1.18 bits per heavy atom. The van der Waals surface area contributed by atoms with E-state index in [-0.39, 0.29) is 5.91 Å². The van der Waals surface area contributed by atoms with Gasteiger partial charge in [-0.3, -0.25) is 14.2 Å². The van der Waals surface area contributed by atoms with Crippen LogP contribution in [0.3, 0.4) is 0 Å². The van der Waals surface area contributed by atoms with Crippen LogP contribution in [0.4, 0.5) is 5.69 Å². The fraction of sp³-hybridized carbons (Fsp3) is 0.188. The van der Waals surface area contributed by atoms with Gasteiger partial charge in [0.25, 0.3) is 5.91 Å². The fourth-order valence-corrected chi connectivity index (χ4v) is 2.23. The first kappa shape index (κ1) is 14.1. The summed E-state index contributed by atoms with van der Waals surface area (Å²) in [5, 5.41) is 11.1. The molecule has 6 nitrogen and oxygen atoms in total. The molecule has 0 unspecified atom stereocenters. The summed E-state index contributed by atoms with van der Waals surface area (Å²) >= 11 is 0. The van der Waals surface area contributed by atoms with Gasteiger partial charge >= 0.3 is 0 Å². The zero-order valence-electron chi connectivity index (χ0n) is 12.3. The molecule has 3 rings (SSSR count). The van der Waals surface area contributed by atoms with E-state index >= 15 is 0 Å². The van der Waals surface area contributed by atoms with E-state index in [2.05, 4.69) is 27.6 Å². The molecule has 2 heterocycles. The van der Waals surface area contributed by atoms with E-state index in [0.29, 0.717) is 11.4 Å². The van der Waals surface area contributed by atoms with Crippen molar-refractivity contribution in [3.05, 3.63) is 66.2 Å². The minimum atomic E-state index is -0.192. The summed E-state index contributed by atoms with van der Waals surface area (Å²) in [5.74, 6) is -0.192. The molecule has 22 heavy (non-hydrogen) atoms. The Balaban J connectivity index is 1.59. The molecule has 0 atom stereocenters. The van der Waals surface area contributed by atoms with Crippen LogP contribution in [-0.4, -0.2) is 25.5 Å². The topological polar surface area (TPSA) is 64.7 Å². The molecule has 0 aliphatic carbocycles. The number of nitrogens with one attached hydrogen (secondary N) is 1. The molecule has 0 saturated heterocycles. The third-order valence-electron chi connectivity index (χ3n) is 3.42. The largest absolute Gasteiger partial charge is 0.318 e. The van der Waals surface area contributed by atoms with Crippen molar-refractivity contribution in [2.75, 3.05) is 5.32 Å². The number of nitrogens with zero attached hydrogens (tertiary/aromatic N) is 4. The number of anilines is 1. The summed E-state index contributed by atoms with van der Waals surface area (Å²) in [7, 11) is 1.73. The number of carbonyl (C=O) groups is 1. The highest BCUT2D eigenvalue weighted by molar-refractivity contribution is 6.02. The van der Waals surface area contributed by atoms with E-state index in [1.165, 1.54) is 10.2 Å². The van der Waals surface area contributed by atoms with Crippen molar-refractivity contribution >= 4 is 11.6 Å². The number of carbonyl (C=O) groups excluding carboxylic acids is 1. The zero-order chi connectivity index (χ0) is 15.4. The molecular weight excluding hydrogens is 278 g/mol. The summed E-state index contributed by atoms with van der Waals surface area (Å²) in [5.41, 5.74) is 2.45. The summed E-state index contributed by atoms with van der Waals surface area (Å²) < 4.78 is 3.36. The standard InChI is InChI=1S/C16H17N5O/c1-20-15(7-9-17-20)16(22)19-14-11-18-21(12-14)10-8-13-5-3-2-4-6-13/h2-7,9,11-12H,8,10H2,1H3,(H,19,22). The molecule has 0 spiro atoms. The molecule has 1 aromatic carbocycles. The maximum absolute atomic E-state index is 12.1. The Bertz CT molecular complexity index is 760. The van der Waals surface area contributed by atoms with E-state index in [9.17, 15) is 4.79 Å². The first-order valence-corrected chi connectivity index (χ1v) is 7.08. The van der Waals surface area contributed by atoms with Crippen LogP contribution in [0.2, 0.25) is 0 Å². The SMILES string of the molecule is Cn1nccc1C(=O)Nc1cnn(CCc2ccccc2)c1. The van der Waals surface area contributed by atoms with E-state index in [4.69, 9.17) is 0 Å². The van der Waals surface area contributed by atoms with Crippen LogP contribution in [0.5, 0.6) is 0 Å². The van der Waals surface area contributed by atoms with Crippen LogP contribution in [0, 0.1) is 0 Å². The predicted octanol–water partition coefficient (Wildman–Crippen LogP) is 2.11. The Morgan fingerprint density at radius 3 is 2.73 bits per heavy atom. The molecule has 0 fully saturated rings. The summed E-state index contributed by atoms with van der Waals surface area (Å²) in [6.07, 6.45) is 5.98. The summed E-state index contributed by atoms with van der Waals surface area (Å²) in [6.45, 7) is 0.769. The number of amides is 1. The van der Waals surface area contributed by atoms with Crippen LogP contribution < -0.4 is 5.32 Å². The highest BCUT2D eigenvalue weighted by Crippen LogP contribution is 2.09. The maximum atomic E-state index is 12.1. The number of hydrogen-bond donors (Lipinski definition) is 1. The van der Waals surface area contributed by atoms with Crippen molar-refractivity contribution < 1.29 is 4.79 Å². The van der Waals surface area contributed by atoms with Crippen LogP contribution in [0.15, 0.2) is 55.0 Å². The third kappa shape index (κ3) is 3.22. The van der Waals surface area contributed by atoms with Gasteiger partial charge in [-0.1, -0.05) is 30.3 Å². The van der Waals surface area contributed by atoms with Crippen molar-refractivity contribution in [3.63, 3.8) is 0 Å². The van der Waals surface area contributed by atoms with E-state index in [1.807, 2.05) is 29.1 Å². The minimum absolute atomic E-state index is 0.192. The lowest BCUT2D eigenvalue weighted by Gasteiger charge is -2.03. The normalized spacial score (nSPS) is 10.6. The second-order valence-corrected chi connectivity index (χ2v) is 5.02. The van der Waals surface area contributed by atoms with Gasteiger partial charge < -0.3 is 5.32 Å². The molecule has 3 aromatic rings. The Kier molecular flexibility index (Phi) is 4.00. The number of aryl methyl sites for hydroxylation is 3. The zero-order valence-corrected chi connectivity index (χ0v) is 12.3. The lowest BCUT2D eigenvalue weighted by atomic mass is 10.1. The van der Waals surface area contributed by atoms with Crippen molar-refractivity contribution in [3.8, 4) is 0 Å². The smallest absolute Gasteiger partial charge is 0.274 e. The molecule has 0 saturated carbocycles. The number of benzene rings is 1. The third-order valence-corrected chi connectivity index (χ3v) is 3.42. The van der Waals surface area contributed by atoms with Gasteiger partial charge in [0.05, 0.1) is 11.9 Å². The molecule has 0 aliphatic heterocycles. The average Bonchev–Trinajstić information content (AvgIpc) is 3.15. The predicted molar refractivity (Wildman–Crippen MR) is 83.5 cm³/mol. The quantitative estimate of drug-likeness (QED) is 0.784. The molecule has 0 bridgehead atoms. The highest BCUT2D eigenvalue weighted by atomic mass is 16.2. The van der Waals surface area contributed by atoms with Gasteiger partial charge in [-0.15, -0.1) is 0 Å². The monoisotopic (exact) mass is 295 g/mol.